The number of carboxylic acid groups (broad SMARTS) is 1. The highest BCUT2D eigenvalue weighted by molar-refractivity contribution is 5.85. The molecular formula is C10H13F4NO3. The van der Waals surface area contributed by atoms with Gasteiger partial charge in [-0.2, -0.15) is 8.78 Å². The van der Waals surface area contributed by atoms with Crippen molar-refractivity contribution < 1.29 is 32.3 Å². The van der Waals surface area contributed by atoms with Gasteiger partial charge in [0.25, 0.3) is 0 Å². The molecule has 104 valence electrons. The van der Waals surface area contributed by atoms with Gasteiger partial charge < -0.3 is 10.4 Å². The van der Waals surface area contributed by atoms with Crippen molar-refractivity contribution in [1.82, 2.24) is 5.32 Å². The lowest BCUT2D eigenvalue weighted by atomic mass is 9.66. The number of nitrogens with one attached hydrogen (secondary N) is 1. The van der Waals surface area contributed by atoms with Crippen molar-refractivity contribution >= 4 is 11.9 Å². The van der Waals surface area contributed by atoms with E-state index in [2.05, 4.69) is 0 Å². The minimum Gasteiger partial charge on any atom is -0.481 e. The second kappa shape index (κ2) is 5.11. The van der Waals surface area contributed by atoms with Gasteiger partial charge in [-0.15, -0.1) is 0 Å². The van der Waals surface area contributed by atoms with Gasteiger partial charge in [0.15, 0.2) is 0 Å². The predicted molar refractivity (Wildman–Crippen MR) is 52.5 cm³/mol. The van der Waals surface area contributed by atoms with Crippen molar-refractivity contribution in [2.24, 2.45) is 5.41 Å². The van der Waals surface area contributed by atoms with Crippen molar-refractivity contribution in [3.8, 4) is 0 Å². The van der Waals surface area contributed by atoms with Gasteiger partial charge in [-0.3, -0.25) is 9.59 Å². The van der Waals surface area contributed by atoms with Gasteiger partial charge in [0, 0.05) is 6.42 Å². The second-order valence-corrected chi connectivity index (χ2v) is 4.45. The van der Waals surface area contributed by atoms with Gasteiger partial charge in [-0.1, -0.05) is 6.42 Å². The number of amides is 1. The highest BCUT2D eigenvalue weighted by atomic mass is 19.3. The van der Waals surface area contributed by atoms with Crippen molar-refractivity contribution in [2.75, 3.05) is 6.54 Å². The van der Waals surface area contributed by atoms with Crippen LogP contribution in [0.1, 0.15) is 25.7 Å². The molecule has 2 N–H and O–H groups in total. The number of rotatable bonds is 6. The summed E-state index contributed by atoms with van der Waals surface area (Å²) < 4.78 is 48.6. The number of carbonyl (C=O) groups is 2. The Hall–Kier alpha value is -1.34. The maximum Gasteiger partial charge on any atom is 0.324 e. The second-order valence-electron chi connectivity index (χ2n) is 4.45. The van der Waals surface area contributed by atoms with E-state index in [0.29, 0.717) is 19.3 Å². The molecule has 0 aromatic carbocycles. The zero-order valence-electron chi connectivity index (χ0n) is 9.39. The molecule has 1 saturated carbocycles. The smallest absolute Gasteiger partial charge is 0.324 e. The van der Waals surface area contributed by atoms with Crippen LogP contribution in [0.4, 0.5) is 17.6 Å². The van der Waals surface area contributed by atoms with Gasteiger partial charge in [-0.25, -0.2) is 8.78 Å². The lowest BCUT2D eigenvalue weighted by Crippen LogP contribution is -2.46. The van der Waals surface area contributed by atoms with Crippen molar-refractivity contribution in [2.45, 2.75) is 38.0 Å². The van der Waals surface area contributed by atoms with Crippen molar-refractivity contribution in [3.05, 3.63) is 0 Å². The van der Waals surface area contributed by atoms with E-state index < -0.39 is 42.6 Å². The molecule has 0 radical (unpaired) electrons. The summed E-state index contributed by atoms with van der Waals surface area (Å²) in [6, 6.07) is 0. The van der Waals surface area contributed by atoms with Crippen LogP contribution < -0.4 is 5.32 Å². The molecule has 0 aliphatic heterocycles. The highest BCUT2D eigenvalue weighted by Gasteiger charge is 2.47. The Morgan fingerprint density at radius 3 is 2.22 bits per heavy atom. The Bertz CT molecular complexity index is 342. The maximum atomic E-state index is 12.5. The van der Waals surface area contributed by atoms with Crippen LogP contribution in [0.2, 0.25) is 0 Å². The monoisotopic (exact) mass is 271 g/mol. The fraction of sp³-hybridized carbons (Fsp3) is 0.800. The molecule has 8 heteroatoms. The molecule has 4 nitrogen and oxygen atoms in total. The molecule has 1 fully saturated rings. The lowest BCUT2D eigenvalue weighted by molar-refractivity contribution is -0.158. The molecule has 0 saturated heterocycles. The van der Waals surface area contributed by atoms with Crippen LogP contribution >= 0.6 is 0 Å². The van der Waals surface area contributed by atoms with E-state index in [1.807, 2.05) is 0 Å². The number of halogens is 4. The maximum absolute atomic E-state index is 12.5. The van der Waals surface area contributed by atoms with E-state index in [1.165, 1.54) is 0 Å². The Morgan fingerprint density at radius 2 is 1.89 bits per heavy atom. The van der Waals surface area contributed by atoms with Gasteiger partial charge in [0.05, 0.1) is 12.0 Å². The Labute approximate surface area is 100 Å². The molecule has 1 aliphatic carbocycles. The van der Waals surface area contributed by atoms with E-state index in [0.717, 1.165) is 0 Å². The van der Waals surface area contributed by atoms with Crippen LogP contribution in [0.15, 0.2) is 0 Å². The summed E-state index contributed by atoms with van der Waals surface area (Å²) >= 11 is 0. The van der Waals surface area contributed by atoms with E-state index in [9.17, 15) is 27.2 Å². The molecular weight excluding hydrogens is 258 g/mol. The van der Waals surface area contributed by atoms with Crippen molar-refractivity contribution in [3.63, 3.8) is 0 Å². The minimum absolute atomic E-state index is 0.293. The van der Waals surface area contributed by atoms with Crippen LogP contribution in [0, 0.1) is 5.41 Å². The third-order valence-corrected chi connectivity index (χ3v) is 3.10. The number of carboxylic acids is 1. The summed E-state index contributed by atoms with van der Waals surface area (Å²) in [5.41, 5.74) is -1.22. The summed E-state index contributed by atoms with van der Waals surface area (Å²) in [5, 5.41) is 10.6. The first-order valence-electron chi connectivity index (χ1n) is 5.36. The fourth-order valence-electron chi connectivity index (χ4n) is 1.73. The zero-order valence-corrected chi connectivity index (χ0v) is 9.39. The first kappa shape index (κ1) is 14.7. The lowest BCUT2D eigenvalue weighted by Gasteiger charge is -2.37. The fourth-order valence-corrected chi connectivity index (χ4v) is 1.73. The Kier molecular flexibility index (Phi) is 4.18. The normalized spacial score (nSPS) is 18.3. The largest absolute Gasteiger partial charge is 0.481 e. The molecule has 0 heterocycles. The van der Waals surface area contributed by atoms with Gasteiger partial charge >= 0.3 is 18.3 Å². The number of hydrogen-bond acceptors (Lipinski definition) is 2. The number of aliphatic carboxylic acids is 1. The summed E-state index contributed by atoms with van der Waals surface area (Å²) in [7, 11) is 0. The standard InChI is InChI=1S/C10H13F4NO3/c11-7(12)10(13,14)5-15-6(16)4-9(8(17)18)2-1-3-9/h7H,1-5H2,(H,15,16)(H,17,18). The molecule has 0 spiro atoms. The predicted octanol–water partition coefficient (Wildman–Crippen LogP) is 1.65. The number of hydrogen-bond donors (Lipinski definition) is 2. The third-order valence-electron chi connectivity index (χ3n) is 3.10. The summed E-state index contributed by atoms with van der Waals surface area (Å²) in [6.45, 7) is -1.49. The van der Waals surface area contributed by atoms with E-state index in [-0.39, 0.29) is 0 Å². The summed E-state index contributed by atoms with van der Waals surface area (Å²) in [6.07, 6.45) is -3.09. The van der Waals surface area contributed by atoms with Gasteiger partial charge in [0.1, 0.15) is 0 Å². The van der Waals surface area contributed by atoms with E-state index in [4.69, 9.17) is 5.11 Å². The molecule has 0 aromatic heterocycles. The van der Waals surface area contributed by atoms with Crippen LogP contribution in [0.25, 0.3) is 0 Å². The number of carbonyl (C=O) groups excluding carboxylic acids is 1. The minimum atomic E-state index is -4.30. The molecule has 0 bridgehead atoms. The van der Waals surface area contributed by atoms with Crippen LogP contribution in [-0.4, -0.2) is 35.9 Å². The third kappa shape index (κ3) is 3.11. The molecule has 1 amide bonds. The molecule has 0 atom stereocenters. The topological polar surface area (TPSA) is 66.4 Å². The molecule has 1 aliphatic rings. The Morgan fingerprint density at radius 1 is 1.33 bits per heavy atom. The SMILES string of the molecule is O=C(CC1(C(=O)O)CCC1)NCC(F)(F)C(F)F. The molecule has 0 aromatic rings. The average molecular weight is 271 g/mol. The van der Waals surface area contributed by atoms with Crippen LogP contribution in [-0.2, 0) is 9.59 Å². The summed E-state index contributed by atoms with van der Waals surface area (Å²) in [4.78, 5) is 22.2. The molecule has 0 unspecified atom stereocenters. The summed E-state index contributed by atoms with van der Waals surface area (Å²) in [5.74, 6) is -6.41. The quantitative estimate of drug-likeness (QED) is 0.722. The Balaban J connectivity index is 2.45. The first-order chi connectivity index (χ1) is 8.19. The van der Waals surface area contributed by atoms with E-state index >= 15 is 0 Å². The molecule has 1 rings (SSSR count). The highest BCUT2D eigenvalue weighted by Crippen LogP contribution is 2.44. The average Bonchev–Trinajstić information content (AvgIpc) is 2.20. The van der Waals surface area contributed by atoms with Crippen LogP contribution in [0.5, 0.6) is 0 Å². The van der Waals surface area contributed by atoms with Crippen LogP contribution in [0.3, 0.4) is 0 Å². The van der Waals surface area contributed by atoms with Crippen molar-refractivity contribution in [1.29, 1.82) is 0 Å². The zero-order chi connectivity index (χ0) is 14.0. The van der Waals surface area contributed by atoms with Gasteiger partial charge in [-0.05, 0) is 12.8 Å². The van der Waals surface area contributed by atoms with Gasteiger partial charge in [0.2, 0.25) is 5.91 Å². The molecule has 18 heavy (non-hydrogen) atoms. The van der Waals surface area contributed by atoms with E-state index in [1.54, 1.807) is 5.32 Å². The number of alkyl halides is 4. The first-order valence-corrected chi connectivity index (χ1v) is 5.36.